The summed E-state index contributed by atoms with van der Waals surface area (Å²) in [5.41, 5.74) is 1.64. The Morgan fingerprint density at radius 2 is 1.83 bits per heavy atom. The highest BCUT2D eigenvalue weighted by molar-refractivity contribution is 5.94. The number of hydrogen-bond acceptors (Lipinski definition) is 4. The molecule has 1 amide bonds. The maximum Gasteiger partial charge on any atom is 0.350 e. The van der Waals surface area contributed by atoms with Crippen molar-refractivity contribution in [2.75, 3.05) is 13.1 Å². The third-order valence-electron chi connectivity index (χ3n) is 5.35. The molecule has 0 aliphatic carbocycles. The summed E-state index contributed by atoms with van der Waals surface area (Å²) in [5.74, 6) is 0.767. The fourth-order valence-corrected chi connectivity index (χ4v) is 3.81. The predicted octanol–water partition coefficient (Wildman–Crippen LogP) is 2.46. The van der Waals surface area contributed by atoms with Gasteiger partial charge in [-0.05, 0) is 43.2 Å². The third kappa shape index (κ3) is 3.57. The summed E-state index contributed by atoms with van der Waals surface area (Å²) in [6.07, 6.45) is 1.46. The number of aromatic nitrogens is 3. The van der Waals surface area contributed by atoms with Gasteiger partial charge in [0.25, 0.3) is 5.91 Å². The lowest BCUT2D eigenvalue weighted by atomic mass is 9.95. The van der Waals surface area contributed by atoms with E-state index in [-0.39, 0.29) is 17.5 Å². The van der Waals surface area contributed by atoms with Gasteiger partial charge in [0.2, 0.25) is 0 Å². The van der Waals surface area contributed by atoms with Crippen molar-refractivity contribution in [2.24, 2.45) is 7.05 Å². The molecule has 0 radical (unpaired) electrons. The van der Waals surface area contributed by atoms with Crippen LogP contribution in [0.3, 0.4) is 0 Å². The second-order valence-electron chi connectivity index (χ2n) is 7.19. The fourth-order valence-electron chi connectivity index (χ4n) is 3.81. The van der Waals surface area contributed by atoms with Crippen LogP contribution in [0, 0.1) is 11.3 Å². The summed E-state index contributed by atoms with van der Waals surface area (Å²) in [7, 11) is 1.66. The van der Waals surface area contributed by atoms with E-state index >= 15 is 0 Å². The molecule has 0 N–H and O–H groups in total. The molecule has 1 fully saturated rings. The lowest BCUT2D eigenvalue weighted by Gasteiger charge is -2.31. The zero-order chi connectivity index (χ0) is 20.4. The van der Waals surface area contributed by atoms with E-state index in [9.17, 15) is 9.59 Å². The van der Waals surface area contributed by atoms with Crippen LogP contribution in [0.2, 0.25) is 0 Å². The van der Waals surface area contributed by atoms with Gasteiger partial charge in [-0.25, -0.2) is 14.0 Å². The molecular formula is C22H21N5O2. The first-order valence-corrected chi connectivity index (χ1v) is 9.59. The molecule has 0 bridgehead atoms. The summed E-state index contributed by atoms with van der Waals surface area (Å²) in [4.78, 5) is 27.2. The number of hydrogen-bond donors (Lipinski definition) is 0. The minimum absolute atomic E-state index is 0.0676. The number of amides is 1. The van der Waals surface area contributed by atoms with Crippen molar-refractivity contribution in [2.45, 2.75) is 18.8 Å². The average molecular weight is 387 g/mol. The van der Waals surface area contributed by atoms with E-state index in [0.29, 0.717) is 24.2 Å². The Bertz CT molecular complexity index is 1130. The third-order valence-corrected chi connectivity index (χ3v) is 5.35. The number of nitriles is 1. The molecule has 146 valence electrons. The van der Waals surface area contributed by atoms with Gasteiger partial charge in [-0.15, -0.1) is 0 Å². The van der Waals surface area contributed by atoms with E-state index < -0.39 is 0 Å². The number of benzene rings is 2. The predicted molar refractivity (Wildman–Crippen MR) is 108 cm³/mol. The second kappa shape index (κ2) is 7.76. The van der Waals surface area contributed by atoms with Gasteiger partial charge in [-0.2, -0.15) is 10.4 Å². The first-order chi connectivity index (χ1) is 14.1. The number of carbonyl (C=O) groups excluding carboxylic acids is 1. The molecule has 2 aromatic carbocycles. The Hall–Kier alpha value is -3.66. The van der Waals surface area contributed by atoms with Crippen LogP contribution in [0.4, 0.5) is 0 Å². The molecule has 0 unspecified atom stereocenters. The maximum absolute atomic E-state index is 12.8. The molecule has 4 rings (SSSR count). The van der Waals surface area contributed by atoms with Crippen LogP contribution in [0.15, 0.2) is 59.4 Å². The van der Waals surface area contributed by atoms with Crippen molar-refractivity contribution in [3.63, 3.8) is 0 Å². The number of para-hydroxylation sites is 1. The fraction of sp³-hybridized carbons (Fsp3) is 0.273. The standard InChI is InChI=1S/C22H21N5O2/c1-25-22(29)27(19-8-3-2-4-9-19)20(24-25)17-10-12-26(13-11-17)21(28)18-7-5-6-16(14-18)15-23/h2-9,14,17H,10-13H2,1H3. The highest BCUT2D eigenvalue weighted by Crippen LogP contribution is 2.28. The first kappa shape index (κ1) is 18.7. The van der Waals surface area contributed by atoms with Crippen LogP contribution in [0.5, 0.6) is 0 Å². The van der Waals surface area contributed by atoms with Crippen molar-refractivity contribution in [1.82, 2.24) is 19.2 Å². The topological polar surface area (TPSA) is 83.9 Å². The van der Waals surface area contributed by atoms with Crippen LogP contribution in [0.25, 0.3) is 5.69 Å². The Labute approximate surface area is 168 Å². The minimum Gasteiger partial charge on any atom is -0.339 e. The molecule has 1 aliphatic rings. The molecule has 0 spiro atoms. The quantitative estimate of drug-likeness (QED) is 0.691. The SMILES string of the molecule is Cn1nc(C2CCN(C(=O)c3cccc(C#N)c3)CC2)n(-c2ccccc2)c1=O. The average Bonchev–Trinajstić information content (AvgIpc) is 3.08. The molecule has 1 aromatic heterocycles. The minimum atomic E-state index is -0.168. The van der Waals surface area contributed by atoms with Crippen molar-refractivity contribution in [3.8, 4) is 11.8 Å². The number of carbonyl (C=O) groups is 1. The summed E-state index contributed by atoms with van der Waals surface area (Å²) in [6, 6.07) is 18.3. The monoisotopic (exact) mass is 387 g/mol. The van der Waals surface area contributed by atoms with Gasteiger partial charge in [0, 0.05) is 31.6 Å². The van der Waals surface area contributed by atoms with E-state index in [1.54, 1.807) is 40.8 Å². The lowest BCUT2D eigenvalue weighted by molar-refractivity contribution is 0.0710. The lowest BCUT2D eigenvalue weighted by Crippen LogP contribution is -2.38. The van der Waals surface area contributed by atoms with Gasteiger partial charge >= 0.3 is 5.69 Å². The van der Waals surface area contributed by atoms with E-state index in [0.717, 1.165) is 24.4 Å². The summed E-state index contributed by atoms with van der Waals surface area (Å²) in [6.45, 7) is 1.17. The number of likely N-dealkylation sites (tertiary alicyclic amines) is 1. The van der Waals surface area contributed by atoms with Gasteiger partial charge in [0.1, 0.15) is 5.82 Å². The number of nitrogens with zero attached hydrogens (tertiary/aromatic N) is 5. The zero-order valence-corrected chi connectivity index (χ0v) is 16.2. The summed E-state index contributed by atoms with van der Waals surface area (Å²) < 4.78 is 3.03. The normalized spacial score (nSPS) is 14.6. The van der Waals surface area contributed by atoms with Gasteiger partial charge in [0.15, 0.2) is 0 Å². The van der Waals surface area contributed by atoms with Crippen LogP contribution < -0.4 is 5.69 Å². The largest absolute Gasteiger partial charge is 0.350 e. The Morgan fingerprint density at radius 3 is 2.52 bits per heavy atom. The van der Waals surface area contributed by atoms with Crippen molar-refractivity contribution < 1.29 is 4.79 Å². The van der Waals surface area contributed by atoms with Crippen LogP contribution in [0.1, 0.15) is 40.5 Å². The zero-order valence-electron chi connectivity index (χ0n) is 16.2. The highest BCUT2D eigenvalue weighted by Gasteiger charge is 2.29. The van der Waals surface area contributed by atoms with E-state index in [1.807, 2.05) is 30.3 Å². The smallest absolute Gasteiger partial charge is 0.339 e. The molecular weight excluding hydrogens is 366 g/mol. The molecule has 29 heavy (non-hydrogen) atoms. The number of aryl methyl sites for hydroxylation is 1. The first-order valence-electron chi connectivity index (χ1n) is 9.59. The molecule has 3 aromatic rings. The Morgan fingerprint density at radius 1 is 1.10 bits per heavy atom. The molecule has 0 atom stereocenters. The number of piperidine rings is 1. The number of rotatable bonds is 3. The van der Waals surface area contributed by atoms with Crippen LogP contribution in [-0.4, -0.2) is 38.2 Å². The molecule has 1 aliphatic heterocycles. The summed E-state index contributed by atoms with van der Waals surface area (Å²) >= 11 is 0. The van der Waals surface area contributed by atoms with Gasteiger partial charge < -0.3 is 4.90 Å². The molecule has 1 saturated heterocycles. The van der Waals surface area contributed by atoms with Crippen LogP contribution >= 0.6 is 0 Å². The second-order valence-corrected chi connectivity index (χ2v) is 7.19. The van der Waals surface area contributed by atoms with E-state index in [2.05, 4.69) is 11.2 Å². The van der Waals surface area contributed by atoms with Crippen LogP contribution in [-0.2, 0) is 7.05 Å². The molecule has 7 nitrogen and oxygen atoms in total. The highest BCUT2D eigenvalue weighted by atomic mass is 16.2. The summed E-state index contributed by atoms with van der Waals surface area (Å²) in [5, 5.41) is 13.5. The van der Waals surface area contributed by atoms with Gasteiger partial charge in [-0.3, -0.25) is 4.79 Å². The van der Waals surface area contributed by atoms with Crippen molar-refractivity contribution in [1.29, 1.82) is 5.26 Å². The maximum atomic E-state index is 12.8. The van der Waals surface area contributed by atoms with E-state index in [4.69, 9.17) is 5.26 Å². The van der Waals surface area contributed by atoms with Gasteiger partial charge in [0.05, 0.1) is 17.3 Å². The van der Waals surface area contributed by atoms with Gasteiger partial charge in [-0.1, -0.05) is 24.3 Å². The van der Waals surface area contributed by atoms with E-state index in [1.165, 1.54) is 4.68 Å². The van der Waals surface area contributed by atoms with Crippen molar-refractivity contribution in [3.05, 3.63) is 82.0 Å². The van der Waals surface area contributed by atoms with Crippen molar-refractivity contribution >= 4 is 5.91 Å². The Kier molecular flexibility index (Phi) is 5.00. The molecule has 7 heteroatoms. The molecule has 2 heterocycles. The molecule has 0 saturated carbocycles. The Balaban J connectivity index is 1.54.